The van der Waals surface area contributed by atoms with E-state index in [9.17, 15) is 8.60 Å². The predicted octanol–water partition coefficient (Wildman–Crippen LogP) is 4.37. The molecule has 0 aliphatic carbocycles. The second-order valence-electron chi connectivity index (χ2n) is 6.63. The van der Waals surface area contributed by atoms with Gasteiger partial charge < -0.3 is 10.5 Å². The van der Waals surface area contributed by atoms with Crippen LogP contribution in [0.15, 0.2) is 70.2 Å². The summed E-state index contributed by atoms with van der Waals surface area (Å²) in [6.07, 6.45) is 6.27. The van der Waals surface area contributed by atoms with Gasteiger partial charge >= 0.3 is 0 Å². The minimum absolute atomic E-state index is 0.303. The van der Waals surface area contributed by atoms with E-state index >= 15 is 0 Å². The van der Waals surface area contributed by atoms with Crippen LogP contribution < -0.4 is 10.9 Å². The Bertz CT molecular complexity index is 849. The van der Waals surface area contributed by atoms with Crippen LogP contribution in [0.5, 0.6) is 0 Å². The largest absolute Gasteiger partial charge is 0.400 e. The number of nitrogens with two attached hydrogens (primary N) is 2. The fourth-order valence-electron chi connectivity index (χ4n) is 2.63. The molecule has 5 nitrogen and oxygen atoms in total. The Balaban J connectivity index is 2.16. The van der Waals surface area contributed by atoms with Gasteiger partial charge in [0.2, 0.25) is 0 Å². The molecule has 0 radical (unpaired) electrons. The Kier molecular flexibility index (Phi) is 9.70. The van der Waals surface area contributed by atoms with Crippen molar-refractivity contribution in [3.63, 3.8) is 0 Å². The molecule has 0 saturated carbocycles. The van der Waals surface area contributed by atoms with E-state index in [1.807, 2.05) is 0 Å². The molecule has 2 aromatic rings. The van der Waals surface area contributed by atoms with Crippen LogP contribution in [0.1, 0.15) is 38.2 Å². The highest BCUT2D eigenvalue weighted by atomic mass is 32.2. The molecule has 156 valence electrons. The van der Waals surface area contributed by atoms with Crippen molar-refractivity contribution in [3.8, 4) is 0 Å². The van der Waals surface area contributed by atoms with Crippen LogP contribution in [-0.2, 0) is 15.7 Å². The first-order chi connectivity index (χ1) is 14.0. The summed E-state index contributed by atoms with van der Waals surface area (Å²) in [5.41, 5.74) is 8.61. The van der Waals surface area contributed by atoms with Gasteiger partial charge in [0.25, 0.3) is 0 Å². The summed E-state index contributed by atoms with van der Waals surface area (Å²) in [6, 6.07) is 12.8. The average molecular weight is 418 g/mol. The third-order valence-corrected chi connectivity index (χ3v) is 4.93. The zero-order valence-electron chi connectivity index (χ0n) is 16.6. The fraction of sp³-hybridized carbons (Fsp3) is 0.318. The SMILES string of the molecule is CCCCCCOC/C(N)=C/C(=Nc1ccc(S(N)=O)cc1)c1ccc(F)cc1. The maximum Gasteiger partial charge on any atom is 0.123 e. The third kappa shape index (κ3) is 8.27. The monoisotopic (exact) mass is 417 g/mol. The molecule has 4 N–H and O–H groups in total. The van der Waals surface area contributed by atoms with Crippen molar-refractivity contribution in [2.45, 2.75) is 37.5 Å². The lowest BCUT2D eigenvalue weighted by atomic mass is 10.1. The molecule has 29 heavy (non-hydrogen) atoms. The maximum atomic E-state index is 13.3. The van der Waals surface area contributed by atoms with Gasteiger partial charge in [-0.2, -0.15) is 0 Å². The van der Waals surface area contributed by atoms with E-state index in [1.54, 1.807) is 42.5 Å². The van der Waals surface area contributed by atoms with E-state index in [0.29, 0.717) is 35.2 Å². The Hall–Kier alpha value is -2.35. The molecule has 1 atom stereocenters. The zero-order valence-corrected chi connectivity index (χ0v) is 17.5. The molecule has 0 heterocycles. The smallest absolute Gasteiger partial charge is 0.123 e. The number of nitrogens with zero attached hydrogens (tertiary/aromatic N) is 1. The standard InChI is InChI=1S/C22H28FN3O2S/c1-2-3-4-5-14-28-16-19(24)15-22(17-6-8-18(23)9-7-17)26-20-10-12-21(13-11-20)29(25)27/h6-13,15H,2-5,14,16,24-25H2,1H3/b19-15-,26-22?. The van der Waals surface area contributed by atoms with Crippen LogP contribution in [0.25, 0.3) is 0 Å². The van der Waals surface area contributed by atoms with Crippen LogP contribution in [0.2, 0.25) is 0 Å². The highest BCUT2D eigenvalue weighted by Crippen LogP contribution is 2.17. The van der Waals surface area contributed by atoms with Gasteiger partial charge in [-0.1, -0.05) is 26.2 Å². The summed E-state index contributed by atoms with van der Waals surface area (Å²) < 4.78 is 30.3. The Labute approximate surface area is 174 Å². The van der Waals surface area contributed by atoms with E-state index < -0.39 is 11.0 Å². The first-order valence-corrected chi connectivity index (χ1v) is 10.9. The summed E-state index contributed by atoms with van der Waals surface area (Å²) in [5.74, 6) is -0.324. The average Bonchev–Trinajstić information content (AvgIpc) is 2.71. The van der Waals surface area contributed by atoms with E-state index in [0.717, 1.165) is 18.4 Å². The molecule has 2 rings (SSSR count). The number of hydrogen-bond donors (Lipinski definition) is 2. The topological polar surface area (TPSA) is 90.7 Å². The van der Waals surface area contributed by atoms with Crippen LogP contribution in [-0.4, -0.2) is 23.1 Å². The second-order valence-corrected chi connectivity index (χ2v) is 7.69. The number of halogens is 1. The third-order valence-electron chi connectivity index (χ3n) is 4.19. The van der Waals surface area contributed by atoms with E-state index in [1.165, 1.54) is 25.0 Å². The summed E-state index contributed by atoms with van der Waals surface area (Å²) in [5, 5.41) is 5.38. The van der Waals surface area contributed by atoms with Crippen molar-refractivity contribution in [3.05, 3.63) is 71.7 Å². The molecule has 0 aliphatic heterocycles. The minimum atomic E-state index is -1.54. The van der Waals surface area contributed by atoms with Crippen molar-refractivity contribution in [1.82, 2.24) is 0 Å². The molecule has 0 fully saturated rings. The van der Waals surface area contributed by atoms with Crippen molar-refractivity contribution >= 4 is 22.4 Å². The molecular formula is C22H28FN3O2S. The molecule has 0 aliphatic rings. The second kappa shape index (κ2) is 12.3. The first kappa shape index (κ1) is 22.9. The van der Waals surface area contributed by atoms with Crippen LogP contribution in [0.3, 0.4) is 0 Å². The number of aliphatic imine (C=N–C) groups is 1. The zero-order chi connectivity index (χ0) is 21.1. The summed E-state index contributed by atoms with van der Waals surface area (Å²) in [6.45, 7) is 3.13. The molecule has 0 bridgehead atoms. The van der Waals surface area contributed by atoms with Crippen LogP contribution >= 0.6 is 0 Å². The molecule has 0 aromatic heterocycles. The molecular weight excluding hydrogens is 389 g/mol. The fourth-order valence-corrected chi connectivity index (χ4v) is 3.04. The molecule has 0 amide bonds. The van der Waals surface area contributed by atoms with Gasteiger partial charge in [0.05, 0.1) is 22.9 Å². The Morgan fingerprint density at radius 2 is 1.79 bits per heavy atom. The van der Waals surface area contributed by atoms with Gasteiger partial charge in [0.15, 0.2) is 0 Å². The number of ether oxygens (including phenoxy) is 1. The molecule has 1 unspecified atom stereocenters. The molecule has 7 heteroatoms. The Morgan fingerprint density at radius 1 is 1.10 bits per heavy atom. The van der Waals surface area contributed by atoms with E-state index in [-0.39, 0.29) is 5.82 Å². The summed E-state index contributed by atoms with van der Waals surface area (Å²) in [7, 11) is -1.54. The lowest BCUT2D eigenvalue weighted by Gasteiger charge is -2.07. The summed E-state index contributed by atoms with van der Waals surface area (Å²) >= 11 is 0. The number of benzene rings is 2. The Morgan fingerprint density at radius 3 is 2.41 bits per heavy atom. The predicted molar refractivity (Wildman–Crippen MR) is 117 cm³/mol. The van der Waals surface area contributed by atoms with Crippen molar-refractivity contribution in [2.75, 3.05) is 13.2 Å². The quantitative estimate of drug-likeness (QED) is 0.420. The number of hydrogen-bond acceptors (Lipinski definition) is 4. The number of rotatable bonds is 11. The lowest BCUT2D eigenvalue weighted by Crippen LogP contribution is -2.11. The van der Waals surface area contributed by atoms with Crippen molar-refractivity contribution in [1.29, 1.82) is 0 Å². The lowest BCUT2D eigenvalue weighted by molar-refractivity contribution is 0.150. The van der Waals surface area contributed by atoms with E-state index in [4.69, 9.17) is 15.6 Å². The molecule has 0 spiro atoms. The number of unbranched alkanes of at least 4 members (excludes halogenated alkanes) is 3. The minimum Gasteiger partial charge on any atom is -0.400 e. The highest BCUT2D eigenvalue weighted by molar-refractivity contribution is 7.82. The van der Waals surface area contributed by atoms with Crippen molar-refractivity contribution in [2.24, 2.45) is 15.9 Å². The van der Waals surface area contributed by atoms with Gasteiger partial charge in [-0.3, -0.25) is 0 Å². The molecule has 2 aromatic carbocycles. The first-order valence-electron chi connectivity index (χ1n) is 9.64. The maximum absolute atomic E-state index is 13.3. The molecule has 0 saturated heterocycles. The van der Waals surface area contributed by atoms with Gasteiger partial charge in [0.1, 0.15) is 16.8 Å². The van der Waals surface area contributed by atoms with Gasteiger partial charge in [0, 0.05) is 17.9 Å². The van der Waals surface area contributed by atoms with Gasteiger partial charge in [-0.05, 0) is 61.0 Å². The normalized spacial score (nSPS) is 13.5. The van der Waals surface area contributed by atoms with Crippen LogP contribution in [0.4, 0.5) is 10.1 Å². The van der Waals surface area contributed by atoms with Crippen molar-refractivity contribution < 1.29 is 13.3 Å². The van der Waals surface area contributed by atoms with Crippen LogP contribution in [0, 0.1) is 5.82 Å². The summed E-state index contributed by atoms with van der Waals surface area (Å²) in [4.78, 5) is 5.12. The van der Waals surface area contributed by atoms with Gasteiger partial charge in [-0.25, -0.2) is 18.7 Å². The highest BCUT2D eigenvalue weighted by Gasteiger charge is 2.05. The van der Waals surface area contributed by atoms with Gasteiger partial charge in [-0.15, -0.1) is 0 Å². The number of allylic oxidation sites excluding steroid dienone is 1. The van der Waals surface area contributed by atoms with E-state index in [2.05, 4.69) is 11.9 Å².